The molecule has 0 aromatic carbocycles. The van der Waals surface area contributed by atoms with Crippen molar-refractivity contribution in [1.29, 1.82) is 0 Å². The van der Waals surface area contributed by atoms with Crippen molar-refractivity contribution >= 4 is 32.0 Å². The first-order valence-electron chi connectivity index (χ1n) is 5.60. The normalized spacial score (nSPS) is 21.0. The van der Waals surface area contributed by atoms with Gasteiger partial charge in [-0.25, -0.2) is 13.4 Å². The lowest BCUT2D eigenvalue weighted by Gasteiger charge is -2.09. The van der Waals surface area contributed by atoms with Crippen molar-refractivity contribution in [1.82, 2.24) is 14.7 Å². The van der Waals surface area contributed by atoms with Crippen LogP contribution in [-0.4, -0.2) is 35.5 Å². The summed E-state index contributed by atoms with van der Waals surface area (Å²) in [6.07, 6.45) is 3.27. The van der Waals surface area contributed by atoms with Crippen LogP contribution in [0, 0.1) is 6.92 Å². The molecular formula is C11H11N3O3S2. The Bertz CT molecular complexity index is 785. The third-order valence-corrected chi connectivity index (χ3v) is 5.05. The molecule has 1 unspecified atom stereocenters. The molecule has 2 aromatic heterocycles. The number of thiazole rings is 1. The van der Waals surface area contributed by atoms with Gasteiger partial charge in [0, 0.05) is 17.0 Å². The predicted molar refractivity (Wildman–Crippen MR) is 72.0 cm³/mol. The number of carbonyl (C=O) groups is 1. The predicted octanol–water partition coefficient (Wildman–Crippen LogP) is 0.745. The molecule has 0 saturated heterocycles. The highest BCUT2D eigenvalue weighted by Crippen LogP contribution is 2.17. The number of imidazole rings is 1. The maximum absolute atomic E-state index is 12.2. The van der Waals surface area contributed by atoms with Gasteiger partial charge in [-0.15, -0.1) is 11.3 Å². The van der Waals surface area contributed by atoms with Gasteiger partial charge in [-0.3, -0.25) is 9.20 Å². The van der Waals surface area contributed by atoms with E-state index in [0.717, 1.165) is 10.4 Å². The van der Waals surface area contributed by atoms with Gasteiger partial charge in [0.2, 0.25) is 0 Å². The minimum Gasteiger partial charge on any atom is -0.343 e. The Balaban J connectivity index is 1.87. The van der Waals surface area contributed by atoms with Crippen LogP contribution in [0.1, 0.15) is 16.2 Å². The average molecular weight is 297 g/mol. The third-order valence-electron chi connectivity index (χ3n) is 2.90. The molecule has 1 aliphatic rings. The summed E-state index contributed by atoms with van der Waals surface area (Å²) in [6, 6.07) is -0.471. The Hall–Kier alpha value is -1.67. The van der Waals surface area contributed by atoms with Crippen LogP contribution < -0.4 is 5.32 Å². The van der Waals surface area contributed by atoms with Crippen LogP contribution in [0.2, 0.25) is 0 Å². The molecule has 0 spiro atoms. The molecule has 8 heteroatoms. The standard InChI is InChI=1S/C11H11N3O3S2/c1-7-9(14-3-4-18-11(14)12-7)10(15)13-8-2-5-19(16,17)6-8/h2-5,8H,6H2,1H3,(H,13,15). The molecule has 3 heterocycles. The van der Waals surface area contributed by atoms with E-state index in [1.165, 1.54) is 17.4 Å². The minimum absolute atomic E-state index is 0.0800. The van der Waals surface area contributed by atoms with E-state index in [-0.39, 0.29) is 11.7 Å². The van der Waals surface area contributed by atoms with E-state index >= 15 is 0 Å². The molecule has 0 bridgehead atoms. The summed E-state index contributed by atoms with van der Waals surface area (Å²) in [5.74, 6) is -0.390. The first kappa shape index (κ1) is 12.4. The van der Waals surface area contributed by atoms with Crippen LogP contribution in [0.4, 0.5) is 0 Å². The van der Waals surface area contributed by atoms with Gasteiger partial charge >= 0.3 is 0 Å². The summed E-state index contributed by atoms with van der Waals surface area (Å²) >= 11 is 1.44. The fourth-order valence-electron chi connectivity index (χ4n) is 2.07. The fourth-order valence-corrected chi connectivity index (χ4v) is 4.06. The van der Waals surface area contributed by atoms with E-state index in [9.17, 15) is 13.2 Å². The molecule has 1 atom stereocenters. The first-order valence-corrected chi connectivity index (χ1v) is 8.20. The number of hydrogen-bond acceptors (Lipinski definition) is 5. The number of amides is 1. The molecule has 100 valence electrons. The number of nitrogens with one attached hydrogen (secondary N) is 1. The third kappa shape index (κ3) is 2.17. The molecular weight excluding hydrogens is 286 g/mol. The van der Waals surface area contributed by atoms with Gasteiger partial charge in [-0.05, 0) is 13.0 Å². The number of fused-ring (bicyclic) bond motifs is 1. The van der Waals surface area contributed by atoms with Gasteiger partial charge in [0.05, 0.1) is 17.5 Å². The molecule has 0 aliphatic carbocycles. The highest BCUT2D eigenvalue weighted by atomic mass is 32.2. The summed E-state index contributed by atoms with van der Waals surface area (Å²) in [5, 5.41) is 5.68. The number of hydrogen-bond donors (Lipinski definition) is 1. The van der Waals surface area contributed by atoms with Gasteiger partial charge in [-0.1, -0.05) is 0 Å². The molecule has 1 aliphatic heterocycles. The second kappa shape index (κ2) is 4.17. The molecule has 19 heavy (non-hydrogen) atoms. The Morgan fingerprint density at radius 3 is 3.05 bits per heavy atom. The minimum atomic E-state index is -3.17. The van der Waals surface area contributed by atoms with Crippen molar-refractivity contribution in [2.75, 3.05) is 5.75 Å². The monoisotopic (exact) mass is 297 g/mol. The lowest BCUT2D eigenvalue weighted by atomic mass is 10.3. The molecule has 1 N–H and O–H groups in total. The molecule has 2 aromatic rings. The Morgan fingerprint density at radius 1 is 1.58 bits per heavy atom. The van der Waals surface area contributed by atoms with Gasteiger partial charge in [0.15, 0.2) is 14.8 Å². The first-order chi connectivity index (χ1) is 8.96. The van der Waals surface area contributed by atoms with E-state index in [0.29, 0.717) is 11.4 Å². The maximum atomic E-state index is 12.2. The van der Waals surface area contributed by atoms with Crippen molar-refractivity contribution < 1.29 is 13.2 Å². The highest BCUT2D eigenvalue weighted by molar-refractivity contribution is 7.94. The van der Waals surface area contributed by atoms with Gasteiger partial charge in [0.1, 0.15) is 5.69 Å². The maximum Gasteiger partial charge on any atom is 0.270 e. The molecule has 0 saturated carbocycles. The molecule has 1 amide bonds. The van der Waals surface area contributed by atoms with E-state index in [1.807, 2.05) is 5.38 Å². The zero-order valence-electron chi connectivity index (χ0n) is 10.0. The molecule has 6 nitrogen and oxygen atoms in total. The second-order valence-corrected chi connectivity index (χ2v) is 7.14. The van der Waals surface area contributed by atoms with Gasteiger partial charge < -0.3 is 5.32 Å². The van der Waals surface area contributed by atoms with E-state index < -0.39 is 15.9 Å². The average Bonchev–Trinajstić information content (AvgIpc) is 2.92. The number of aromatic nitrogens is 2. The van der Waals surface area contributed by atoms with Gasteiger partial charge in [0.25, 0.3) is 5.91 Å². The van der Waals surface area contributed by atoms with E-state index in [4.69, 9.17) is 0 Å². The van der Waals surface area contributed by atoms with Crippen molar-refractivity contribution in [3.63, 3.8) is 0 Å². The Morgan fingerprint density at radius 2 is 2.37 bits per heavy atom. The van der Waals surface area contributed by atoms with Gasteiger partial charge in [-0.2, -0.15) is 0 Å². The van der Waals surface area contributed by atoms with Crippen molar-refractivity contribution in [3.8, 4) is 0 Å². The summed E-state index contributed by atoms with van der Waals surface area (Å²) in [7, 11) is -3.17. The van der Waals surface area contributed by atoms with Crippen LogP contribution >= 0.6 is 11.3 Å². The lowest BCUT2D eigenvalue weighted by Crippen LogP contribution is -2.36. The second-order valence-electron chi connectivity index (χ2n) is 4.34. The Kier molecular flexibility index (Phi) is 2.72. The summed E-state index contributed by atoms with van der Waals surface area (Å²) in [5.41, 5.74) is 1.09. The highest BCUT2D eigenvalue weighted by Gasteiger charge is 2.25. The van der Waals surface area contributed by atoms with Crippen molar-refractivity contribution in [2.45, 2.75) is 13.0 Å². The topological polar surface area (TPSA) is 80.5 Å². The number of sulfone groups is 1. The largest absolute Gasteiger partial charge is 0.343 e. The zero-order chi connectivity index (χ0) is 13.6. The smallest absolute Gasteiger partial charge is 0.270 e. The van der Waals surface area contributed by atoms with Crippen LogP contribution in [0.15, 0.2) is 23.1 Å². The Labute approximate surface area is 113 Å². The van der Waals surface area contributed by atoms with Crippen molar-refractivity contribution in [2.24, 2.45) is 0 Å². The fraction of sp³-hybridized carbons (Fsp3) is 0.273. The number of nitrogens with zero attached hydrogens (tertiary/aromatic N) is 2. The van der Waals surface area contributed by atoms with Crippen LogP contribution in [0.5, 0.6) is 0 Å². The number of aryl methyl sites for hydroxylation is 1. The molecule has 0 radical (unpaired) electrons. The lowest BCUT2D eigenvalue weighted by molar-refractivity contribution is 0.0941. The van der Waals surface area contributed by atoms with E-state index in [2.05, 4.69) is 10.3 Å². The van der Waals surface area contributed by atoms with Crippen LogP contribution in [-0.2, 0) is 9.84 Å². The number of carbonyl (C=O) groups excluding carboxylic acids is 1. The zero-order valence-corrected chi connectivity index (χ0v) is 11.7. The quantitative estimate of drug-likeness (QED) is 0.886. The molecule has 0 fully saturated rings. The summed E-state index contributed by atoms with van der Waals surface area (Å²) < 4.78 is 24.3. The number of rotatable bonds is 2. The summed E-state index contributed by atoms with van der Waals surface area (Å²) in [6.45, 7) is 1.76. The van der Waals surface area contributed by atoms with Crippen LogP contribution in [0.25, 0.3) is 4.96 Å². The van der Waals surface area contributed by atoms with Crippen molar-refractivity contribution in [3.05, 3.63) is 34.4 Å². The molecule has 3 rings (SSSR count). The SMILES string of the molecule is Cc1nc2sccn2c1C(=O)NC1C=CS(=O)(=O)C1. The summed E-state index contributed by atoms with van der Waals surface area (Å²) in [4.78, 5) is 17.2. The van der Waals surface area contributed by atoms with E-state index in [1.54, 1.807) is 17.5 Å². The van der Waals surface area contributed by atoms with Crippen LogP contribution in [0.3, 0.4) is 0 Å².